The fourth-order valence-electron chi connectivity index (χ4n) is 3.27. The second kappa shape index (κ2) is 6.36. The van der Waals surface area contributed by atoms with Gasteiger partial charge in [0.1, 0.15) is 0 Å². The van der Waals surface area contributed by atoms with Crippen LogP contribution in [0.1, 0.15) is 5.82 Å². The van der Waals surface area contributed by atoms with Gasteiger partial charge in [0, 0.05) is 25.2 Å². The molecule has 0 saturated heterocycles. The van der Waals surface area contributed by atoms with Gasteiger partial charge in [0.15, 0.2) is 5.82 Å². The highest BCUT2D eigenvalue weighted by Crippen LogP contribution is 2.35. The van der Waals surface area contributed by atoms with Gasteiger partial charge in [-0.25, -0.2) is 4.98 Å². The Morgan fingerprint density at radius 2 is 1.36 bits per heavy atom. The molecule has 0 amide bonds. The molecule has 4 rings (SSSR count). The van der Waals surface area contributed by atoms with Gasteiger partial charge in [0.2, 0.25) is 0 Å². The number of fused-ring (bicyclic) bond motifs is 1. The van der Waals surface area contributed by atoms with E-state index in [9.17, 15) is 0 Å². The van der Waals surface area contributed by atoms with E-state index in [2.05, 4.69) is 70.2 Å². The fraction of sp³-hybridized carbons (Fsp3) is 0.0909. The SMILES string of the molecule is CN=Cc1nc2c(-c3ccccc3)ccc(-c3ccccc3)c2n1C. The van der Waals surface area contributed by atoms with E-state index >= 15 is 0 Å². The van der Waals surface area contributed by atoms with Crippen LogP contribution < -0.4 is 0 Å². The monoisotopic (exact) mass is 325 g/mol. The van der Waals surface area contributed by atoms with Crippen molar-refractivity contribution in [2.45, 2.75) is 0 Å². The standard InChI is InChI=1S/C22H19N3/c1-23-15-20-24-21-18(16-9-5-3-6-10-16)13-14-19(22(21)25(20)2)17-11-7-4-8-12-17/h3-15H,1-2H3. The second-order valence-electron chi connectivity index (χ2n) is 6.01. The topological polar surface area (TPSA) is 30.2 Å². The number of aliphatic imine (C=N–C) groups is 1. The van der Waals surface area contributed by atoms with Crippen LogP contribution in [0.25, 0.3) is 33.3 Å². The Hall–Kier alpha value is -3.20. The Labute approximate surface area is 147 Å². The Bertz CT molecular complexity index is 1050. The predicted molar refractivity (Wildman–Crippen MR) is 105 cm³/mol. The summed E-state index contributed by atoms with van der Waals surface area (Å²) in [6, 6.07) is 25.2. The van der Waals surface area contributed by atoms with E-state index in [1.54, 1.807) is 7.05 Å². The lowest BCUT2D eigenvalue weighted by atomic mass is 9.98. The van der Waals surface area contributed by atoms with Crippen molar-refractivity contribution in [3.63, 3.8) is 0 Å². The third-order valence-electron chi connectivity index (χ3n) is 4.47. The molecule has 0 aliphatic carbocycles. The van der Waals surface area contributed by atoms with Gasteiger partial charge in [0.25, 0.3) is 0 Å². The third kappa shape index (κ3) is 2.64. The first-order valence-electron chi connectivity index (χ1n) is 8.32. The van der Waals surface area contributed by atoms with Crippen molar-refractivity contribution in [1.82, 2.24) is 9.55 Å². The van der Waals surface area contributed by atoms with Crippen LogP contribution in [0.5, 0.6) is 0 Å². The molecule has 3 nitrogen and oxygen atoms in total. The Kier molecular flexibility index (Phi) is 3.90. The van der Waals surface area contributed by atoms with E-state index in [1.807, 2.05) is 25.4 Å². The molecule has 0 N–H and O–H groups in total. The molecule has 3 aromatic carbocycles. The summed E-state index contributed by atoms with van der Waals surface area (Å²) in [6.07, 6.45) is 1.81. The molecule has 0 fully saturated rings. The number of benzene rings is 3. The Morgan fingerprint density at radius 1 is 0.800 bits per heavy atom. The maximum atomic E-state index is 4.88. The van der Waals surface area contributed by atoms with Crippen molar-refractivity contribution >= 4 is 17.2 Å². The predicted octanol–water partition coefficient (Wildman–Crippen LogP) is 4.96. The van der Waals surface area contributed by atoms with Crippen LogP contribution in [-0.4, -0.2) is 22.8 Å². The van der Waals surface area contributed by atoms with E-state index < -0.39 is 0 Å². The molecule has 0 atom stereocenters. The molecule has 0 bridgehead atoms. The quantitative estimate of drug-likeness (QED) is 0.490. The third-order valence-corrected chi connectivity index (χ3v) is 4.47. The molecule has 0 radical (unpaired) electrons. The van der Waals surface area contributed by atoms with E-state index in [1.165, 1.54) is 16.7 Å². The van der Waals surface area contributed by atoms with Crippen molar-refractivity contribution in [3.8, 4) is 22.3 Å². The maximum Gasteiger partial charge on any atom is 0.151 e. The molecule has 0 saturated carbocycles. The number of nitrogens with zero attached hydrogens (tertiary/aromatic N) is 3. The summed E-state index contributed by atoms with van der Waals surface area (Å²) in [4.78, 5) is 9.04. The van der Waals surface area contributed by atoms with Crippen molar-refractivity contribution in [2.24, 2.45) is 12.0 Å². The molecule has 0 spiro atoms. The smallest absolute Gasteiger partial charge is 0.151 e. The summed E-state index contributed by atoms with van der Waals surface area (Å²) < 4.78 is 2.12. The Balaban J connectivity index is 2.07. The van der Waals surface area contributed by atoms with Gasteiger partial charge in [-0.05, 0) is 11.1 Å². The number of imidazole rings is 1. The molecule has 0 aliphatic rings. The lowest BCUT2D eigenvalue weighted by molar-refractivity contribution is 0.935. The van der Waals surface area contributed by atoms with E-state index in [0.717, 1.165) is 22.4 Å². The van der Waals surface area contributed by atoms with Crippen molar-refractivity contribution in [3.05, 3.63) is 78.6 Å². The highest BCUT2D eigenvalue weighted by atomic mass is 15.1. The minimum Gasteiger partial charge on any atom is -0.326 e. The fourth-order valence-corrected chi connectivity index (χ4v) is 3.27. The average Bonchev–Trinajstić information content (AvgIpc) is 2.99. The van der Waals surface area contributed by atoms with Crippen molar-refractivity contribution < 1.29 is 0 Å². The first-order chi connectivity index (χ1) is 12.3. The summed E-state index contributed by atoms with van der Waals surface area (Å²) >= 11 is 0. The number of hydrogen-bond acceptors (Lipinski definition) is 2. The van der Waals surface area contributed by atoms with Crippen LogP contribution in [-0.2, 0) is 7.05 Å². The van der Waals surface area contributed by atoms with Gasteiger partial charge in [0.05, 0.1) is 17.2 Å². The molecule has 3 heteroatoms. The van der Waals surface area contributed by atoms with E-state index in [0.29, 0.717) is 0 Å². The second-order valence-corrected chi connectivity index (χ2v) is 6.01. The van der Waals surface area contributed by atoms with E-state index in [4.69, 9.17) is 4.98 Å². The highest BCUT2D eigenvalue weighted by molar-refractivity contribution is 6.03. The van der Waals surface area contributed by atoms with Crippen molar-refractivity contribution in [1.29, 1.82) is 0 Å². The summed E-state index contributed by atoms with van der Waals surface area (Å²) in [5.74, 6) is 0.859. The largest absolute Gasteiger partial charge is 0.326 e. The first-order valence-corrected chi connectivity index (χ1v) is 8.32. The first kappa shape index (κ1) is 15.3. The normalized spacial score (nSPS) is 11.4. The van der Waals surface area contributed by atoms with Crippen LogP contribution in [0.3, 0.4) is 0 Å². The molecule has 1 heterocycles. The maximum absolute atomic E-state index is 4.88. The molecule has 0 aliphatic heterocycles. The summed E-state index contributed by atoms with van der Waals surface area (Å²) in [6.45, 7) is 0. The van der Waals surface area contributed by atoms with Gasteiger partial charge in [-0.1, -0.05) is 72.8 Å². The minimum atomic E-state index is 0.859. The van der Waals surface area contributed by atoms with Crippen LogP contribution in [0, 0.1) is 0 Å². The zero-order valence-corrected chi connectivity index (χ0v) is 14.3. The number of hydrogen-bond donors (Lipinski definition) is 0. The van der Waals surface area contributed by atoms with Gasteiger partial charge in [-0.15, -0.1) is 0 Å². The zero-order valence-electron chi connectivity index (χ0n) is 14.3. The molecule has 0 unspecified atom stereocenters. The number of aromatic nitrogens is 2. The zero-order chi connectivity index (χ0) is 17.2. The van der Waals surface area contributed by atoms with Crippen LogP contribution in [0.4, 0.5) is 0 Å². The van der Waals surface area contributed by atoms with Crippen molar-refractivity contribution in [2.75, 3.05) is 7.05 Å². The van der Waals surface area contributed by atoms with Crippen LogP contribution in [0.2, 0.25) is 0 Å². The molecular formula is C22H19N3. The molecule has 4 aromatic rings. The van der Waals surface area contributed by atoms with Gasteiger partial charge >= 0.3 is 0 Å². The highest BCUT2D eigenvalue weighted by Gasteiger charge is 2.16. The molecule has 1 aromatic heterocycles. The minimum absolute atomic E-state index is 0.859. The lowest BCUT2D eigenvalue weighted by Crippen LogP contribution is -1.97. The van der Waals surface area contributed by atoms with Crippen LogP contribution in [0.15, 0.2) is 77.8 Å². The van der Waals surface area contributed by atoms with Gasteiger partial charge in [-0.2, -0.15) is 0 Å². The molecular weight excluding hydrogens is 306 g/mol. The summed E-state index contributed by atoms with van der Waals surface area (Å²) in [7, 11) is 3.82. The Morgan fingerprint density at radius 3 is 1.96 bits per heavy atom. The summed E-state index contributed by atoms with van der Waals surface area (Å²) in [5.41, 5.74) is 6.82. The van der Waals surface area contributed by atoms with Crippen LogP contribution >= 0.6 is 0 Å². The van der Waals surface area contributed by atoms with Gasteiger partial charge < -0.3 is 4.57 Å². The molecule has 122 valence electrons. The molecule has 25 heavy (non-hydrogen) atoms. The van der Waals surface area contributed by atoms with Gasteiger partial charge in [-0.3, -0.25) is 4.99 Å². The van der Waals surface area contributed by atoms with E-state index in [-0.39, 0.29) is 0 Å². The summed E-state index contributed by atoms with van der Waals surface area (Å²) in [5, 5.41) is 0. The number of rotatable bonds is 3. The lowest BCUT2D eigenvalue weighted by Gasteiger charge is -2.09. The average molecular weight is 325 g/mol. The number of aryl methyl sites for hydroxylation is 1.